The second kappa shape index (κ2) is 6.31. The minimum Gasteiger partial charge on any atom is -0.495 e. The molecule has 1 atom stereocenters. The summed E-state index contributed by atoms with van der Waals surface area (Å²) in [4.78, 5) is 11.8. The molecule has 0 aliphatic carbocycles. The summed E-state index contributed by atoms with van der Waals surface area (Å²) in [7, 11) is 1.58. The fraction of sp³-hybridized carbons (Fsp3) is 0.417. The number of hydrogen-bond donors (Lipinski definition) is 2. The number of thiol groups is 1. The monoisotopic (exact) mass is 317 g/mol. The molecule has 94 valence electrons. The van der Waals surface area contributed by atoms with Crippen LogP contribution in [0.4, 0.5) is 5.69 Å². The minimum absolute atomic E-state index is 0.104. The number of nitrogens with one attached hydrogen (secondary N) is 1. The highest BCUT2D eigenvalue weighted by Crippen LogP contribution is 2.28. The van der Waals surface area contributed by atoms with E-state index in [0.29, 0.717) is 11.4 Å². The highest BCUT2D eigenvalue weighted by molar-refractivity contribution is 9.10. The molecule has 1 aromatic rings. The van der Waals surface area contributed by atoms with Gasteiger partial charge in [0.25, 0.3) is 0 Å². The van der Waals surface area contributed by atoms with Gasteiger partial charge in [0.2, 0.25) is 5.91 Å². The average Bonchev–Trinajstić information content (AvgIpc) is 2.30. The molecule has 0 aromatic heterocycles. The number of hydrogen-bond acceptors (Lipinski definition) is 3. The lowest BCUT2D eigenvalue weighted by atomic mass is 10.1. The second-order valence-electron chi connectivity index (χ2n) is 4.03. The van der Waals surface area contributed by atoms with Crippen LogP contribution in [0.25, 0.3) is 0 Å². The lowest BCUT2D eigenvalue weighted by molar-refractivity contribution is -0.116. The molecular formula is C12H16BrNO2S. The van der Waals surface area contributed by atoms with Crippen LogP contribution in [-0.4, -0.2) is 18.3 Å². The summed E-state index contributed by atoms with van der Waals surface area (Å²) in [6.45, 7) is 3.92. The Morgan fingerprint density at radius 1 is 1.47 bits per heavy atom. The molecule has 0 fully saturated rings. The van der Waals surface area contributed by atoms with E-state index in [1.165, 1.54) is 0 Å². The van der Waals surface area contributed by atoms with Crippen molar-refractivity contribution in [3.63, 3.8) is 0 Å². The molecule has 0 aliphatic rings. The number of anilines is 1. The predicted molar refractivity (Wildman–Crippen MR) is 76.9 cm³/mol. The molecule has 3 nitrogen and oxygen atoms in total. The summed E-state index contributed by atoms with van der Waals surface area (Å²) < 4.78 is 6.01. The van der Waals surface area contributed by atoms with Crippen molar-refractivity contribution in [3.05, 3.63) is 22.7 Å². The van der Waals surface area contributed by atoms with E-state index < -0.39 is 0 Å². The molecular weight excluding hydrogens is 302 g/mol. The molecule has 1 rings (SSSR count). The zero-order valence-corrected chi connectivity index (χ0v) is 12.5. The molecule has 0 heterocycles. The third-order valence-electron chi connectivity index (χ3n) is 2.32. The first-order chi connectivity index (χ1) is 7.95. The number of benzene rings is 1. The first-order valence-electron chi connectivity index (χ1n) is 5.28. The number of halogens is 1. The molecule has 1 aromatic carbocycles. The maximum absolute atomic E-state index is 11.8. The fourth-order valence-corrected chi connectivity index (χ4v) is 1.73. The molecule has 17 heavy (non-hydrogen) atoms. The average molecular weight is 318 g/mol. The summed E-state index contributed by atoms with van der Waals surface area (Å²) in [6.07, 6.45) is 0. The van der Waals surface area contributed by atoms with Gasteiger partial charge in [-0.25, -0.2) is 0 Å². The third-order valence-corrected chi connectivity index (χ3v) is 3.80. The van der Waals surface area contributed by atoms with Crippen LogP contribution in [0, 0.1) is 5.92 Å². The van der Waals surface area contributed by atoms with Gasteiger partial charge in [0.1, 0.15) is 5.75 Å². The number of rotatable bonds is 4. The molecule has 0 saturated heterocycles. The summed E-state index contributed by atoms with van der Waals surface area (Å²) in [6, 6.07) is 5.41. The Morgan fingerprint density at radius 3 is 2.65 bits per heavy atom. The molecule has 0 saturated carbocycles. The van der Waals surface area contributed by atoms with Crippen molar-refractivity contribution < 1.29 is 9.53 Å². The molecule has 1 unspecified atom stereocenters. The largest absolute Gasteiger partial charge is 0.495 e. The van der Waals surface area contributed by atoms with Crippen molar-refractivity contribution in [1.29, 1.82) is 0 Å². The smallest absolute Gasteiger partial charge is 0.237 e. The molecule has 0 spiro atoms. The van der Waals surface area contributed by atoms with Crippen LogP contribution < -0.4 is 10.1 Å². The zero-order chi connectivity index (χ0) is 13.0. The summed E-state index contributed by atoms with van der Waals surface area (Å²) >= 11 is 7.62. The lowest BCUT2D eigenvalue weighted by Crippen LogP contribution is -2.27. The van der Waals surface area contributed by atoms with Gasteiger partial charge in [0.15, 0.2) is 0 Å². The Kier molecular flexibility index (Phi) is 5.33. The second-order valence-corrected chi connectivity index (χ2v) is 5.44. The number of methoxy groups -OCH3 is 1. The topological polar surface area (TPSA) is 38.3 Å². The first kappa shape index (κ1) is 14.4. The SMILES string of the molecule is COc1cc(NC(=O)C(S)C(C)C)ccc1Br. The van der Waals surface area contributed by atoms with Gasteiger partial charge in [-0.2, -0.15) is 12.6 Å². The normalized spacial score (nSPS) is 12.4. The van der Waals surface area contributed by atoms with Gasteiger partial charge >= 0.3 is 0 Å². The first-order valence-corrected chi connectivity index (χ1v) is 6.59. The highest BCUT2D eigenvalue weighted by Gasteiger charge is 2.17. The molecule has 5 heteroatoms. The van der Waals surface area contributed by atoms with E-state index in [0.717, 1.165) is 4.47 Å². The summed E-state index contributed by atoms with van der Waals surface area (Å²) in [5.74, 6) is 0.770. The van der Waals surface area contributed by atoms with Crippen LogP contribution in [0.3, 0.4) is 0 Å². The van der Waals surface area contributed by atoms with Crippen LogP contribution in [0.2, 0.25) is 0 Å². The number of amides is 1. The lowest BCUT2D eigenvalue weighted by Gasteiger charge is -2.15. The van der Waals surface area contributed by atoms with Gasteiger partial charge in [0.05, 0.1) is 16.8 Å². The van der Waals surface area contributed by atoms with Crippen molar-refractivity contribution in [3.8, 4) is 5.75 Å². The highest BCUT2D eigenvalue weighted by atomic mass is 79.9. The van der Waals surface area contributed by atoms with Crippen molar-refractivity contribution in [1.82, 2.24) is 0 Å². The molecule has 1 N–H and O–H groups in total. The van der Waals surface area contributed by atoms with E-state index in [9.17, 15) is 4.79 Å². The minimum atomic E-state index is -0.315. The standard InChI is InChI=1S/C12H16BrNO2S/c1-7(2)11(17)12(15)14-8-4-5-9(13)10(6-8)16-3/h4-7,11,17H,1-3H3,(H,14,15). The number of carbonyl (C=O) groups excluding carboxylic acids is 1. The molecule has 1 amide bonds. The van der Waals surface area contributed by atoms with Crippen molar-refractivity contribution in [2.45, 2.75) is 19.1 Å². The van der Waals surface area contributed by atoms with Crippen molar-refractivity contribution in [2.75, 3.05) is 12.4 Å². The van der Waals surface area contributed by atoms with Crippen LogP contribution >= 0.6 is 28.6 Å². The van der Waals surface area contributed by atoms with Gasteiger partial charge in [-0.05, 0) is 34.0 Å². The molecule has 0 aliphatic heterocycles. The Bertz CT molecular complexity index is 409. The van der Waals surface area contributed by atoms with E-state index in [4.69, 9.17) is 4.74 Å². The van der Waals surface area contributed by atoms with E-state index >= 15 is 0 Å². The summed E-state index contributed by atoms with van der Waals surface area (Å²) in [5.41, 5.74) is 0.703. The van der Waals surface area contributed by atoms with Gasteiger partial charge in [0, 0.05) is 11.8 Å². The van der Waals surface area contributed by atoms with Crippen LogP contribution in [0.1, 0.15) is 13.8 Å². The van der Waals surface area contributed by atoms with E-state index in [1.54, 1.807) is 13.2 Å². The third kappa shape index (κ3) is 3.92. The van der Waals surface area contributed by atoms with Gasteiger partial charge in [-0.15, -0.1) is 0 Å². The van der Waals surface area contributed by atoms with Crippen LogP contribution in [0.5, 0.6) is 5.75 Å². The quantitative estimate of drug-likeness (QED) is 0.836. The summed E-state index contributed by atoms with van der Waals surface area (Å²) in [5, 5.41) is 2.49. The molecule has 0 radical (unpaired) electrons. The van der Waals surface area contributed by atoms with Crippen LogP contribution in [0.15, 0.2) is 22.7 Å². The van der Waals surface area contributed by atoms with Crippen molar-refractivity contribution in [2.24, 2.45) is 5.92 Å². The fourth-order valence-electron chi connectivity index (χ4n) is 1.26. The van der Waals surface area contributed by atoms with E-state index in [-0.39, 0.29) is 17.1 Å². The van der Waals surface area contributed by atoms with Gasteiger partial charge in [-0.3, -0.25) is 4.79 Å². The van der Waals surface area contributed by atoms with Gasteiger partial charge in [-0.1, -0.05) is 13.8 Å². The Labute approximate surface area is 115 Å². The Balaban J connectivity index is 2.78. The predicted octanol–water partition coefficient (Wildman–Crippen LogP) is 3.35. The number of carbonyl (C=O) groups is 1. The van der Waals surface area contributed by atoms with E-state index in [2.05, 4.69) is 33.9 Å². The van der Waals surface area contributed by atoms with E-state index in [1.807, 2.05) is 26.0 Å². The number of ether oxygens (including phenoxy) is 1. The van der Waals surface area contributed by atoms with Gasteiger partial charge < -0.3 is 10.1 Å². The Morgan fingerprint density at radius 2 is 2.12 bits per heavy atom. The van der Waals surface area contributed by atoms with Crippen molar-refractivity contribution >= 4 is 40.2 Å². The molecule has 0 bridgehead atoms. The Hall–Kier alpha value is -0.680. The van der Waals surface area contributed by atoms with Crippen LogP contribution in [-0.2, 0) is 4.79 Å². The maximum atomic E-state index is 11.8. The zero-order valence-electron chi connectivity index (χ0n) is 10.0. The maximum Gasteiger partial charge on any atom is 0.237 e.